The number of esters is 1. The molecule has 260 valence electrons. The van der Waals surface area contributed by atoms with Gasteiger partial charge in [0.1, 0.15) is 0 Å². The maximum atomic E-state index is 13.5. The molecule has 0 bridgehead atoms. The topological polar surface area (TPSA) is 153 Å². The van der Waals surface area contributed by atoms with E-state index in [9.17, 15) is 42.3 Å². The standard InChI is InChI=1S/C34H51F3N2O7/c1-4-5-6-7-8-9-10-14-24(3)32(44)39-27(17-11-12-20-38)28(40)21-25(18-19-30(42)43)29(41)22-46-33(45)31-23(2)15-13-16-26(31)34(35,36)37/h13,15-16,24-25,27H,4-12,14,17-22,38H2,1-3H3,(H,39,44)(H,42,43)/t24?,25-,27?/m1/s1. The number of carbonyl (C=O) groups is 5. The average Bonchev–Trinajstić information content (AvgIpc) is 2.99. The van der Waals surface area contributed by atoms with Crippen molar-refractivity contribution >= 4 is 29.4 Å². The summed E-state index contributed by atoms with van der Waals surface area (Å²) < 4.78 is 45.4. The molecule has 0 aliphatic rings. The summed E-state index contributed by atoms with van der Waals surface area (Å²) in [5, 5.41) is 12.0. The quantitative estimate of drug-likeness (QED) is 0.0834. The summed E-state index contributed by atoms with van der Waals surface area (Å²) in [5.41, 5.74) is 3.67. The lowest BCUT2D eigenvalue weighted by atomic mass is 9.89. The summed E-state index contributed by atoms with van der Waals surface area (Å²) in [6, 6.07) is 2.25. The Labute approximate surface area is 270 Å². The smallest absolute Gasteiger partial charge is 0.417 e. The van der Waals surface area contributed by atoms with E-state index in [1.54, 1.807) is 6.92 Å². The molecule has 0 radical (unpaired) electrons. The van der Waals surface area contributed by atoms with Gasteiger partial charge < -0.3 is 20.9 Å². The lowest BCUT2D eigenvalue weighted by Gasteiger charge is -2.23. The molecule has 0 saturated carbocycles. The van der Waals surface area contributed by atoms with Gasteiger partial charge in [-0.05, 0) is 57.2 Å². The number of carboxylic acids is 1. The third-order valence-electron chi connectivity index (χ3n) is 8.08. The van der Waals surface area contributed by atoms with E-state index in [4.69, 9.17) is 10.5 Å². The summed E-state index contributed by atoms with van der Waals surface area (Å²) in [6.07, 6.45) is 3.81. The Hall–Kier alpha value is -3.28. The Morgan fingerprint density at radius 3 is 2.15 bits per heavy atom. The van der Waals surface area contributed by atoms with Gasteiger partial charge in [-0.25, -0.2) is 4.79 Å². The number of rotatable bonds is 24. The Balaban J connectivity index is 2.94. The second-order valence-electron chi connectivity index (χ2n) is 12.0. The first-order chi connectivity index (χ1) is 21.7. The number of ether oxygens (including phenoxy) is 1. The van der Waals surface area contributed by atoms with Crippen molar-refractivity contribution in [2.75, 3.05) is 13.2 Å². The zero-order valence-corrected chi connectivity index (χ0v) is 27.4. The number of aliphatic carboxylic acids is 1. The lowest BCUT2D eigenvalue weighted by Crippen LogP contribution is -2.44. The number of carbonyl (C=O) groups excluding carboxylic acids is 4. The van der Waals surface area contributed by atoms with Gasteiger partial charge in [-0.15, -0.1) is 0 Å². The number of halogens is 3. The van der Waals surface area contributed by atoms with Crippen LogP contribution in [0.3, 0.4) is 0 Å². The third-order valence-corrected chi connectivity index (χ3v) is 8.08. The molecule has 0 spiro atoms. The van der Waals surface area contributed by atoms with Crippen LogP contribution in [0.2, 0.25) is 0 Å². The molecule has 46 heavy (non-hydrogen) atoms. The largest absolute Gasteiger partial charge is 0.481 e. The number of hydrogen-bond donors (Lipinski definition) is 3. The number of benzene rings is 1. The number of alkyl halides is 3. The number of ketones is 2. The predicted molar refractivity (Wildman–Crippen MR) is 168 cm³/mol. The van der Waals surface area contributed by atoms with Crippen molar-refractivity contribution in [3.8, 4) is 0 Å². The van der Waals surface area contributed by atoms with E-state index in [2.05, 4.69) is 12.2 Å². The van der Waals surface area contributed by atoms with E-state index in [0.29, 0.717) is 25.8 Å². The molecule has 0 fully saturated rings. The second kappa shape index (κ2) is 21.5. The number of unbranched alkanes of at least 4 members (excludes halogenated alkanes) is 7. The summed E-state index contributed by atoms with van der Waals surface area (Å²) in [6.45, 7) is 4.69. The predicted octanol–water partition coefficient (Wildman–Crippen LogP) is 6.57. The Morgan fingerprint density at radius 2 is 1.54 bits per heavy atom. The molecule has 1 rings (SSSR count). The molecule has 0 saturated heterocycles. The van der Waals surface area contributed by atoms with Crippen molar-refractivity contribution in [2.45, 2.75) is 123 Å². The molecule has 1 amide bonds. The first kappa shape index (κ1) is 40.7. The Kier molecular flexibility index (Phi) is 19.0. The van der Waals surface area contributed by atoms with Gasteiger partial charge in [-0.1, -0.05) is 70.9 Å². The SMILES string of the molecule is CCCCCCCCCC(C)C(=O)NC(CCCCN)C(=O)C[C@@H](CCC(=O)O)C(=O)COC(=O)c1c(C)cccc1C(F)(F)F. The first-order valence-electron chi connectivity index (χ1n) is 16.3. The van der Waals surface area contributed by atoms with Gasteiger partial charge in [-0.3, -0.25) is 19.2 Å². The highest BCUT2D eigenvalue weighted by molar-refractivity contribution is 5.96. The van der Waals surface area contributed by atoms with E-state index in [-0.39, 0.29) is 30.2 Å². The fourth-order valence-corrected chi connectivity index (χ4v) is 5.22. The van der Waals surface area contributed by atoms with Crippen LogP contribution in [0.15, 0.2) is 18.2 Å². The van der Waals surface area contributed by atoms with E-state index < -0.39 is 72.2 Å². The van der Waals surface area contributed by atoms with Crippen molar-refractivity contribution in [1.82, 2.24) is 5.32 Å². The van der Waals surface area contributed by atoms with Gasteiger partial charge in [0.05, 0.1) is 17.2 Å². The van der Waals surface area contributed by atoms with Crippen LogP contribution in [-0.2, 0) is 30.1 Å². The molecular weight excluding hydrogens is 605 g/mol. The monoisotopic (exact) mass is 656 g/mol. The van der Waals surface area contributed by atoms with Crippen LogP contribution in [-0.4, -0.2) is 53.7 Å². The number of nitrogens with one attached hydrogen (secondary N) is 1. The molecule has 9 nitrogen and oxygen atoms in total. The van der Waals surface area contributed by atoms with Gasteiger partial charge in [0.25, 0.3) is 0 Å². The highest BCUT2D eigenvalue weighted by Gasteiger charge is 2.37. The molecule has 1 aromatic carbocycles. The van der Waals surface area contributed by atoms with Crippen LogP contribution in [0.4, 0.5) is 13.2 Å². The third kappa shape index (κ3) is 15.3. The van der Waals surface area contributed by atoms with Crippen molar-refractivity contribution in [2.24, 2.45) is 17.6 Å². The second-order valence-corrected chi connectivity index (χ2v) is 12.0. The molecule has 0 aromatic heterocycles. The van der Waals surface area contributed by atoms with E-state index >= 15 is 0 Å². The molecule has 0 aliphatic heterocycles. The molecule has 3 atom stereocenters. The fraction of sp³-hybridized carbons (Fsp3) is 0.676. The molecular formula is C34H51F3N2O7. The van der Waals surface area contributed by atoms with Crippen LogP contribution < -0.4 is 11.1 Å². The van der Waals surface area contributed by atoms with E-state index in [1.165, 1.54) is 32.3 Å². The zero-order chi connectivity index (χ0) is 34.7. The van der Waals surface area contributed by atoms with Crippen molar-refractivity contribution in [1.29, 1.82) is 0 Å². The number of aryl methyl sites for hydroxylation is 1. The number of hydrogen-bond acceptors (Lipinski definition) is 7. The molecule has 0 aliphatic carbocycles. The minimum atomic E-state index is -4.84. The number of amides is 1. The molecule has 4 N–H and O–H groups in total. The summed E-state index contributed by atoms with van der Waals surface area (Å²) in [4.78, 5) is 63.4. The van der Waals surface area contributed by atoms with Crippen LogP contribution in [0, 0.1) is 18.8 Å². The summed E-state index contributed by atoms with van der Waals surface area (Å²) >= 11 is 0. The molecule has 1 aromatic rings. The van der Waals surface area contributed by atoms with Crippen molar-refractivity contribution in [3.05, 3.63) is 34.9 Å². The number of carboxylic acid groups (broad SMARTS) is 1. The molecule has 0 heterocycles. The highest BCUT2D eigenvalue weighted by atomic mass is 19.4. The van der Waals surface area contributed by atoms with Crippen molar-refractivity contribution in [3.63, 3.8) is 0 Å². The zero-order valence-electron chi connectivity index (χ0n) is 27.4. The molecule has 12 heteroatoms. The van der Waals surface area contributed by atoms with Crippen molar-refractivity contribution < 1.29 is 47.0 Å². The van der Waals surface area contributed by atoms with E-state index in [0.717, 1.165) is 37.8 Å². The summed E-state index contributed by atoms with van der Waals surface area (Å²) in [7, 11) is 0. The summed E-state index contributed by atoms with van der Waals surface area (Å²) in [5.74, 6) is -5.68. The maximum Gasteiger partial charge on any atom is 0.417 e. The Morgan fingerprint density at radius 1 is 0.913 bits per heavy atom. The van der Waals surface area contributed by atoms with Gasteiger partial charge in [0.15, 0.2) is 18.2 Å². The highest BCUT2D eigenvalue weighted by Crippen LogP contribution is 2.33. The minimum absolute atomic E-state index is 0.00198. The first-order valence-corrected chi connectivity index (χ1v) is 16.3. The maximum absolute atomic E-state index is 13.5. The van der Waals surface area contributed by atoms with Crippen LogP contribution >= 0.6 is 0 Å². The van der Waals surface area contributed by atoms with Gasteiger partial charge in [-0.2, -0.15) is 13.2 Å². The number of nitrogens with two attached hydrogens (primary N) is 1. The van der Waals surface area contributed by atoms with Crippen LogP contribution in [0.25, 0.3) is 0 Å². The van der Waals surface area contributed by atoms with Crippen LogP contribution in [0.1, 0.15) is 125 Å². The normalized spacial score (nSPS) is 13.5. The van der Waals surface area contributed by atoms with Crippen LogP contribution in [0.5, 0.6) is 0 Å². The lowest BCUT2D eigenvalue weighted by molar-refractivity contribution is -0.138. The Bertz CT molecular complexity index is 1140. The minimum Gasteiger partial charge on any atom is -0.481 e. The van der Waals surface area contributed by atoms with E-state index in [1.807, 2.05) is 0 Å². The number of Topliss-reactive ketones (excluding diaryl/α,β-unsaturated/α-hetero) is 2. The fourth-order valence-electron chi connectivity index (χ4n) is 5.22. The van der Waals surface area contributed by atoms with Gasteiger partial charge in [0.2, 0.25) is 5.91 Å². The average molecular weight is 657 g/mol. The molecule has 2 unspecified atom stereocenters. The van der Waals surface area contributed by atoms with Gasteiger partial charge in [0, 0.05) is 24.7 Å². The van der Waals surface area contributed by atoms with Gasteiger partial charge >= 0.3 is 18.1 Å².